The predicted molar refractivity (Wildman–Crippen MR) is 122 cm³/mol. The maximum atomic E-state index is 12.7. The quantitative estimate of drug-likeness (QED) is 0.243. The molecule has 2 aromatic carbocycles. The molecule has 0 bridgehead atoms. The lowest BCUT2D eigenvalue weighted by atomic mass is 10.1. The fourth-order valence-corrected chi connectivity index (χ4v) is 3.33. The Morgan fingerprint density at radius 3 is 2.59 bits per heavy atom. The van der Waals surface area contributed by atoms with E-state index >= 15 is 0 Å². The number of para-hydroxylation sites is 1. The van der Waals surface area contributed by atoms with E-state index in [1.807, 2.05) is 30.3 Å². The Bertz CT molecular complexity index is 781. The third-order valence-corrected chi connectivity index (χ3v) is 5.04. The van der Waals surface area contributed by atoms with Gasteiger partial charge in [0.15, 0.2) is 6.61 Å². The Morgan fingerprint density at radius 2 is 1.83 bits per heavy atom. The number of rotatable bonds is 12. The monoisotopic (exact) mass is 460 g/mol. The SMILES string of the molecule is CCCCCCCCN(C(=O)CO/N=C\c1cc(Br)ccc1O)c1ccccc1. The van der Waals surface area contributed by atoms with Crippen LogP contribution in [0.4, 0.5) is 5.69 Å². The zero-order valence-electron chi connectivity index (χ0n) is 16.9. The van der Waals surface area contributed by atoms with Crippen molar-refractivity contribution in [2.24, 2.45) is 5.16 Å². The number of unbranched alkanes of at least 4 members (excludes halogenated alkanes) is 5. The van der Waals surface area contributed by atoms with Gasteiger partial charge in [-0.05, 0) is 36.8 Å². The van der Waals surface area contributed by atoms with Crippen LogP contribution in [0, 0.1) is 0 Å². The number of halogens is 1. The molecular formula is C23H29BrN2O3. The largest absolute Gasteiger partial charge is 0.507 e. The minimum absolute atomic E-state index is 0.0980. The number of phenols is 1. The zero-order chi connectivity index (χ0) is 20.9. The molecule has 6 heteroatoms. The van der Waals surface area contributed by atoms with Crippen LogP contribution >= 0.6 is 15.9 Å². The zero-order valence-corrected chi connectivity index (χ0v) is 18.5. The summed E-state index contributed by atoms with van der Waals surface area (Å²) in [5.74, 6) is -0.0405. The smallest absolute Gasteiger partial charge is 0.267 e. The van der Waals surface area contributed by atoms with Gasteiger partial charge < -0.3 is 14.8 Å². The lowest BCUT2D eigenvalue weighted by Gasteiger charge is -2.22. The van der Waals surface area contributed by atoms with Crippen molar-refractivity contribution in [1.29, 1.82) is 0 Å². The number of carbonyl (C=O) groups excluding carboxylic acids is 1. The summed E-state index contributed by atoms with van der Waals surface area (Å²) < 4.78 is 0.821. The minimum atomic E-state index is -0.157. The first-order valence-corrected chi connectivity index (χ1v) is 10.9. The van der Waals surface area contributed by atoms with Crippen LogP contribution < -0.4 is 4.90 Å². The van der Waals surface area contributed by atoms with Gasteiger partial charge in [-0.1, -0.05) is 78.3 Å². The maximum absolute atomic E-state index is 12.7. The summed E-state index contributed by atoms with van der Waals surface area (Å²) in [6, 6.07) is 14.7. The van der Waals surface area contributed by atoms with Gasteiger partial charge in [-0.25, -0.2) is 0 Å². The van der Waals surface area contributed by atoms with E-state index in [1.54, 1.807) is 23.1 Å². The van der Waals surface area contributed by atoms with E-state index in [9.17, 15) is 9.90 Å². The second-order valence-corrected chi connectivity index (χ2v) is 7.78. The molecule has 1 amide bonds. The van der Waals surface area contributed by atoms with Gasteiger partial charge >= 0.3 is 0 Å². The second-order valence-electron chi connectivity index (χ2n) is 6.86. The third-order valence-electron chi connectivity index (χ3n) is 4.55. The first kappa shape index (κ1) is 22.9. The van der Waals surface area contributed by atoms with E-state index in [1.165, 1.54) is 31.9 Å². The Hall–Kier alpha value is -2.34. The van der Waals surface area contributed by atoms with Gasteiger partial charge in [0, 0.05) is 22.3 Å². The fraction of sp³-hybridized carbons (Fsp3) is 0.391. The van der Waals surface area contributed by atoms with E-state index in [-0.39, 0.29) is 18.3 Å². The van der Waals surface area contributed by atoms with Gasteiger partial charge in [0.1, 0.15) is 5.75 Å². The van der Waals surface area contributed by atoms with E-state index in [2.05, 4.69) is 28.0 Å². The number of aromatic hydroxyl groups is 1. The number of nitrogens with zero attached hydrogens (tertiary/aromatic N) is 2. The molecule has 0 heterocycles. The molecule has 0 unspecified atom stereocenters. The summed E-state index contributed by atoms with van der Waals surface area (Å²) in [5.41, 5.74) is 1.38. The van der Waals surface area contributed by atoms with Gasteiger partial charge in [-0.15, -0.1) is 0 Å². The van der Waals surface area contributed by atoms with Crippen LogP contribution in [0.25, 0.3) is 0 Å². The molecule has 156 valence electrons. The summed E-state index contributed by atoms with van der Waals surface area (Å²) in [7, 11) is 0. The van der Waals surface area contributed by atoms with Gasteiger partial charge in [-0.3, -0.25) is 4.79 Å². The highest BCUT2D eigenvalue weighted by molar-refractivity contribution is 9.10. The van der Waals surface area contributed by atoms with Crippen LogP contribution in [-0.2, 0) is 9.63 Å². The number of carbonyl (C=O) groups is 1. The molecule has 2 aromatic rings. The second kappa shape index (κ2) is 13.0. The summed E-state index contributed by atoms with van der Waals surface area (Å²) >= 11 is 3.34. The normalized spacial score (nSPS) is 11.0. The molecule has 0 aliphatic heterocycles. The highest BCUT2D eigenvalue weighted by Crippen LogP contribution is 2.20. The van der Waals surface area contributed by atoms with Crippen molar-refractivity contribution in [2.45, 2.75) is 45.4 Å². The number of hydrogen-bond acceptors (Lipinski definition) is 4. The van der Waals surface area contributed by atoms with E-state index in [0.29, 0.717) is 12.1 Å². The summed E-state index contributed by atoms with van der Waals surface area (Å²) in [5, 5.41) is 13.6. The van der Waals surface area contributed by atoms with Crippen molar-refractivity contribution in [3.8, 4) is 5.75 Å². The number of benzene rings is 2. The molecule has 2 rings (SSSR count). The first-order valence-electron chi connectivity index (χ1n) is 10.1. The first-order chi connectivity index (χ1) is 14.1. The topological polar surface area (TPSA) is 62.1 Å². The van der Waals surface area contributed by atoms with Crippen LogP contribution in [0.3, 0.4) is 0 Å². The molecule has 1 N–H and O–H groups in total. The highest BCUT2D eigenvalue weighted by atomic mass is 79.9. The van der Waals surface area contributed by atoms with Crippen LogP contribution in [-0.4, -0.2) is 30.4 Å². The van der Waals surface area contributed by atoms with E-state index in [0.717, 1.165) is 23.0 Å². The highest BCUT2D eigenvalue weighted by Gasteiger charge is 2.15. The summed E-state index contributed by atoms with van der Waals surface area (Å²) in [6.07, 6.45) is 8.40. The maximum Gasteiger partial charge on any atom is 0.267 e. The molecule has 0 spiro atoms. The molecule has 0 aromatic heterocycles. The average Bonchev–Trinajstić information content (AvgIpc) is 2.73. The Balaban J connectivity index is 1.89. The number of anilines is 1. The number of hydrogen-bond donors (Lipinski definition) is 1. The molecule has 0 atom stereocenters. The molecule has 0 saturated heterocycles. The Morgan fingerprint density at radius 1 is 1.10 bits per heavy atom. The summed E-state index contributed by atoms with van der Waals surface area (Å²) in [4.78, 5) is 19.7. The molecule has 0 aliphatic carbocycles. The lowest BCUT2D eigenvalue weighted by molar-refractivity contribution is -0.123. The predicted octanol–water partition coefficient (Wildman–Crippen LogP) is 5.90. The van der Waals surface area contributed by atoms with Crippen molar-refractivity contribution >= 4 is 33.7 Å². The lowest BCUT2D eigenvalue weighted by Crippen LogP contribution is -2.34. The number of phenolic OH excluding ortho intramolecular Hbond substituents is 1. The standard InChI is InChI=1S/C23H29BrN2O3/c1-2-3-4-5-6-10-15-26(21-11-8-7-9-12-21)23(28)18-29-25-17-19-16-20(24)13-14-22(19)27/h7-9,11-14,16-17,27H,2-6,10,15,18H2,1H3/b25-17-. The van der Waals surface area contributed by atoms with E-state index in [4.69, 9.17) is 4.84 Å². The molecule has 0 radical (unpaired) electrons. The average molecular weight is 461 g/mol. The Kier molecular flexibility index (Phi) is 10.3. The van der Waals surface area contributed by atoms with Crippen molar-refractivity contribution < 1.29 is 14.7 Å². The minimum Gasteiger partial charge on any atom is -0.507 e. The van der Waals surface area contributed by atoms with Crippen molar-refractivity contribution in [2.75, 3.05) is 18.1 Å². The number of amides is 1. The number of oxime groups is 1. The van der Waals surface area contributed by atoms with Gasteiger partial charge in [0.05, 0.1) is 6.21 Å². The molecule has 0 aliphatic rings. The van der Waals surface area contributed by atoms with Crippen LogP contribution in [0.5, 0.6) is 5.75 Å². The van der Waals surface area contributed by atoms with Crippen LogP contribution in [0.2, 0.25) is 0 Å². The van der Waals surface area contributed by atoms with Gasteiger partial charge in [0.25, 0.3) is 5.91 Å². The van der Waals surface area contributed by atoms with Crippen LogP contribution in [0.15, 0.2) is 58.2 Å². The van der Waals surface area contributed by atoms with Crippen LogP contribution in [0.1, 0.15) is 51.0 Å². The van der Waals surface area contributed by atoms with Crippen molar-refractivity contribution in [1.82, 2.24) is 0 Å². The van der Waals surface area contributed by atoms with Crippen molar-refractivity contribution in [3.05, 3.63) is 58.6 Å². The van der Waals surface area contributed by atoms with Gasteiger partial charge in [0.2, 0.25) is 0 Å². The summed E-state index contributed by atoms with van der Waals surface area (Å²) in [6.45, 7) is 2.71. The third kappa shape index (κ3) is 8.28. The Labute approximate surface area is 181 Å². The molecule has 0 saturated carbocycles. The molecule has 5 nitrogen and oxygen atoms in total. The molecule has 0 fully saturated rings. The van der Waals surface area contributed by atoms with Crippen molar-refractivity contribution in [3.63, 3.8) is 0 Å². The molecular weight excluding hydrogens is 432 g/mol. The van der Waals surface area contributed by atoms with Gasteiger partial charge in [-0.2, -0.15) is 0 Å². The fourth-order valence-electron chi connectivity index (χ4n) is 2.95. The molecule has 29 heavy (non-hydrogen) atoms. The van der Waals surface area contributed by atoms with E-state index < -0.39 is 0 Å².